The smallest absolute Gasteiger partial charge is 0.321 e. The van der Waals surface area contributed by atoms with Crippen LogP contribution in [-0.4, -0.2) is 42.0 Å². The van der Waals surface area contributed by atoms with E-state index in [1.165, 1.54) is 30.0 Å². The molecule has 0 bridgehead atoms. The van der Waals surface area contributed by atoms with Gasteiger partial charge in [0.05, 0.1) is 11.6 Å². The molecule has 1 fully saturated rings. The highest BCUT2D eigenvalue weighted by atomic mass is 19.1. The van der Waals surface area contributed by atoms with E-state index in [1.807, 2.05) is 0 Å². The largest absolute Gasteiger partial charge is 0.452 e. The first-order valence-electron chi connectivity index (χ1n) is 8.86. The number of benzene rings is 1. The van der Waals surface area contributed by atoms with E-state index >= 15 is 0 Å². The minimum atomic E-state index is -1.23. The van der Waals surface area contributed by atoms with Crippen LogP contribution in [0.4, 0.5) is 14.9 Å². The Morgan fingerprint density at radius 2 is 1.89 bits per heavy atom. The second-order valence-electron chi connectivity index (χ2n) is 7.63. The first-order chi connectivity index (χ1) is 13.0. The van der Waals surface area contributed by atoms with E-state index in [9.17, 15) is 23.6 Å². The molecule has 0 aromatic heterocycles. The fourth-order valence-electron chi connectivity index (χ4n) is 2.68. The zero-order chi connectivity index (χ0) is 21.1. The number of esters is 1. The molecule has 0 unspecified atom stereocenters. The second kappa shape index (κ2) is 8.37. The van der Waals surface area contributed by atoms with E-state index in [-0.39, 0.29) is 18.7 Å². The molecule has 2 rings (SSSR count). The van der Waals surface area contributed by atoms with Gasteiger partial charge in [0.15, 0.2) is 6.10 Å². The SMILES string of the molecule is C[C@H](OC(=O)[C@H]1CC(=O)N(c2ccccc2F)C1)C(=O)NC(=O)NC(C)(C)C. The van der Waals surface area contributed by atoms with Crippen molar-refractivity contribution in [1.29, 1.82) is 0 Å². The van der Waals surface area contributed by atoms with Gasteiger partial charge in [0, 0.05) is 18.5 Å². The molecule has 0 aliphatic carbocycles. The number of anilines is 1. The number of hydrogen-bond donors (Lipinski definition) is 2. The van der Waals surface area contributed by atoms with Crippen LogP contribution in [0.3, 0.4) is 0 Å². The van der Waals surface area contributed by atoms with Crippen LogP contribution in [0, 0.1) is 11.7 Å². The number of carbonyl (C=O) groups excluding carboxylic acids is 4. The number of amides is 4. The van der Waals surface area contributed by atoms with Gasteiger partial charge in [0.25, 0.3) is 5.91 Å². The van der Waals surface area contributed by atoms with Gasteiger partial charge in [-0.1, -0.05) is 12.1 Å². The summed E-state index contributed by atoms with van der Waals surface area (Å²) in [6.45, 7) is 6.53. The van der Waals surface area contributed by atoms with Crippen LogP contribution < -0.4 is 15.5 Å². The Balaban J connectivity index is 1.92. The summed E-state index contributed by atoms with van der Waals surface area (Å²) >= 11 is 0. The fraction of sp³-hybridized carbons (Fsp3) is 0.474. The van der Waals surface area contributed by atoms with Gasteiger partial charge in [-0.05, 0) is 39.8 Å². The molecule has 0 radical (unpaired) electrons. The van der Waals surface area contributed by atoms with Gasteiger partial charge in [-0.25, -0.2) is 9.18 Å². The molecule has 4 amide bonds. The number of nitrogens with zero attached hydrogens (tertiary/aromatic N) is 1. The second-order valence-corrected chi connectivity index (χ2v) is 7.63. The van der Waals surface area contributed by atoms with Crippen molar-refractivity contribution in [3.63, 3.8) is 0 Å². The van der Waals surface area contributed by atoms with E-state index in [4.69, 9.17) is 4.74 Å². The molecule has 0 spiro atoms. The predicted octanol–water partition coefficient (Wildman–Crippen LogP) is 1.73. The van der Waals surface area contributed by atoms with E-state index in [1.54, 1.807) is 26.8 Å². The number of halogens is 1. The zero-order valence-electron chi connectivity index (χ0n) is 16.2. The van der Waals surface area contributed by atoms with Crippen molar-refractivity contribution in [2.24, 2.45) is 5.92 Å². The number of urea groups is 1. The van der Waals surface area contributed by atoms with Crippen LogP contribution in [-0.2, 0) is 19.1 Å². The predicted molar refractivity (Wildman–Crippen MR) is 98.8 cm³/mol. The Morgan fingerprint density at radius 1 is 1.25 bits per heavy atom. The summed E-state index contributed by atoms with van der Waals surface area (Å²) in [5.41, 5.74) is -0.447. The lowest BCUT2D eigenvalue weighted by Gasteiger charge is -2.21. The summed E-state index contributed by atoms with van der Waals surface area (Å²) in [7, 11) is 0. The van der Waals surface area contributed by atoms with E-state index in [2.05, 4.69) is 10.6 Å². The summed E-state index contributed by atoms with van der Waals surface area (Å²) in [4.78, 5) is 49.4. The number of imide groups is 1. The summed E-state index contributed by atoms with van der Waals surface area (Å²) in [6, 6.07) is 5.06. The number of carbonyl (C=O) groups is 4. The normalized spacial score (nSPS) is 17.8. The van der Waals surface area contributed by atoms with Crippen molar-refractivity contribution in [1.82, 2.24) is 10.6 Å². The van der Waals surface area contributed by atoms with E-state index < -0.39 is 47.2 Å². The standard InChI is InChI=1S/C19H24FN3O5/c1-11(16(25)21-18(27)22-19(2,3)4)28-17(26)12-9-15(24)23(10-12)14-8-6-5-7-13(14)20/h5-8,11-12H,9-10H2,1-4H3,(H2,21,22,25,27)/t11-,12-/m0/s1. The van der Waals surface area contributed by atoms with Crippen LogP contribution in [0.2, 0.25) is 0 Å². The quantitative estimate of drug-likeness (QED) is 0.758. The maximum atomic E-state index is 13.9. The molecule has 0 saturated carbocycles. The molecule has 1 heterocycles. The number of rotatable bonds is 4. The first-order valence-corrected chi connectivity index (χ1v) is 8.86. The van der Waals surface area contributed by atoms with Crippen LogP contribution in [0.25, 0.3) is 0 Å². The monoisotopic (exact) mass is 393 g/mol. The lowest BCUT2D eigenvalue weighted by atomic mass is 10.1. The molecule has 1 aliphatic heterocycles. The van der Waals surface area contributed by atoms with Gasteiger partial charge in [-0.3, -0.25) is 19.7 Å². The molecule has 2 atom stereocenters. The van der Waals surface area contributed by atoms with Gasteiger partial charge in [0.2, 0.25) is 5.91 Å². The van der Waals surface area contributed by atoms with Crippen LogP contribution in [0.15, 0.2) is 24.3 Å². The third-order valence-corrected chi connectivity index (χ3v) is 3.99. The minimum Gasteiger partial charge on any atom is -0.452 e. The Kier molecular flexibility index (Phi) is 6.37. The summed E-state index contributed by atoms with van der Waals surface area (Å²) < 4.78 is 19.0. The third-order valence-electron chi connectivity index (χ3n) is 3.99. The van der Waals surface area contributed by atoms with E-state index in [0.29, 0.717) is 0 Å². The van der Waals surface area contributed by atoms with Gasteiger partial charge < -0.3 is 15.0 Å². The fourth-order valence-corrected chi connectivity index (χ4v) is 2.68. The Labute approximate surface area is 162 Å². The van der Waals surface area contributed by atoms with Crippen LogP contribution in [0.1, 0.15) is 34.1 Å². The molecule has 1 saturated heterocycles. The number of hydrogen-bond acceptors (Lipinski definition) is 5. The summed E-state index contributed by atoms with van der Waals surface area (Å²) in [6.07, 6.45) is -1.37. The van der Waals surface area contributed by atoms with Gasteiger partial charge in [-0.15, -0.1) is 0 Å². The van der Waals surface area contributed by atoms with Gasteiger partial charge in [-0.2, -0.15) is 0 Å². The maximum absolute atomic E-state index is 13.9. The topological polar surface area (TPSA) is 105 Å². The average Bonchev–Trinajstić information content (AvgIpc) is 2.95. The van der Waals surface area contributed by atoms with E-state index in [0.717, 1.165) is 0 Å². The molecule has 2 N–H and O–H groups in total. The van der Waals surface area contributed by atoms with Gasteiger partial charge >= 0.3 is 12.0 Å². The molecule has 28 heavy (non-hydrogen) atoms. The number of nitrogens with one attached hydrogen (secondary N) is 2. The number of para-hydroxylation sites is 1. The van der Waals surface area contributed by atoms with Crippen LogP contribution in [0.5, 0.6) is 0 Å². The Bertz CT molecular complexity index is 790. The molecular formula is C19H24FN3O5. The molecular weight excluding hydrogens is 369 g/mol. The molecule has 1 aromatic carbocycles. The molecule has 9 heteroatoms. The highest BCUT2D eigenvalue weighted by Crippen LogP contribution is 2.28. The molecule has 1 aromatic rings. The van der Waals surface area contributed by atoms with Crippen molar-refractivity contribution in [2.75, 3.05) is 11.4 Å². The van der Waals surface area contributed by atoms with Crippen molar-refractivity contribution >= 4 is 29.5 Å². The summed E-state index contributed by atoms with van der Waals surface area (Å²) in [5, 5.41) is 4.64. The van der Waals surface area contributed by atoms with Crippen molar-refractivity contribution in [2.45, 2.75) is 45.8 Å². The lowest BCUT2D eigenvalue weighted by Crippen LogP contribution is -2.50. The average molecular weight is 393 g/mol. The lowest BCUT2D eigenvalue weighted by molar-refractivity contribution is -0.158. The van der Waals surface area contributed by atoms with Crippen molar-refractivity contribution < 1.29 is 28.3 Å². The van der Waals surface area contributed by atoms with Crippen molar-refractivity contribution in [3.05, 3.63) is 30.1 Å². The number of ether oxygens (including phenoxy) is 1. The molecule has 1 aliphatic rings. The van der Waals surface area contributed by atoms with Crippen LogP contribution >= 0.6 is 0 Å². The zero-order valence-corrected chi connectivity index (χ0v) is 16.2. The highest BCUT2D eigenvalue weighted by molar-refractivity contribution is 6.00. The highest BCUT2D eigenvalue weighted by Gasteiger charge is 2.38. The third kappa shape index (κ3) is 5.51. The Morgan fingerprint density at radius 3 is 2.50 bits per heavy atom. The summed E-state index contributed by atoms with van der Waals surface area (Å²) in [5.74, 6) is -3.35. The van der Waals surface area contributed by atoms with Crippen molar-refractivity contribution in [3.8, 4) is 0 Å². The Hall–Kier alpha value is -2.97. The maximum Gasteiger partial charge on any atom is 0.321 e. The first kappa shape index (κ1) is 21.3. The van der Waals surface area contributed by atoms with Gasteiger partial charge in [0.1, 0.15) is 5.82 Å². The minimum absolute atomic E-state index is 0.0442. The molecule has 152 valence electrons. The molecule has 8 nitrogen and oxygen atoms in total.